The molecule has 5 atom stereocenters. The van der Waals surface area contributed by atoms with Gasteiger partial charge in [0.1, 0.15) is 30.2 Å². The van der Waals surface area contributed by atoms with E-state index < -0.39 is 43.3 Å². The first-order valence-corrected chi connectivity index (χ1v) is 7.88. The van der Waals surface area contributed by atoms with Crippen molar-refractivity contribution in [2.24, 2.45) is 0 Å². The Morgan fingerprint density at radius 3 is 2.44 bits per heavy atom. The van der Waals surface area contributed by atoms with E-state index in [1.54, 1.807) is 37.3 Å². The molecule has 1 saturated heterocycles. The third-order valence-corrected chi connectivity index (χ3v) is 3.68. The molecule has 1 unspecified atom stereocenters. The molecule has 1 heterocycles. The van der Waals surface area contributed by atoms with E-state index in [1.165, 1.54) is 6.08 Å². The van der Waals surface area contributed by atoms with Crippen LogP contribution in [0.1, 0.15) is 12.5 Å². The highest BCUT2D eigenvalue weighted by Gasteiger charge is 2.44. The molecular formula is C17H22O8. The lowest BCUT2D eigenvalue weighted by Gasteiger charge is -2.39. The van der Waals surface area contributed by atoms with Gasteiger partial charge in [-0.25, -0.2) is 4.79 Å². The molecule has 1 aromatic rings. The summed E-state index contributed by atoms with van der Waals surface area (Å²) < 4.78 is 15.5. The molecular weight excluding hydrogens is 332 g/mol. The number of ether oxygens (including phenoxy) is 3. The minimum Gasteiger partial charge on any atom is -0.463 e. The molecule has 0 aromatic heterocycles. The molecule has 1 fully saturated rings. The molecule has 8 nitrogen and oxygen atoms in total. The van der Waals surface area contributed by atoms with Gasteiger partial charge in [0.25, 0.3) is 0 Å². The third kappa shape index (κ3) is 5.00. The van der Waals surface area contributed by atoms with Crippen molar-refractivity contribution in [3.63, 3.8) is 0 Å². The number of hydrogen-bond acceptors (Lipinski definition) is 8. The molecule has 1 aromatic carbocycles. The van der Waals surface area contributed by atoms with Crippen LogP contribution in [0.3, 0.4) is 0 Å². The first kappa shape index (κ1) is 19.4. The van der Waals surface area contributed by atoms with E-state index in [2.05, 4.69) is 0 Å². The van der Waals surface area contributed by atoms with Crippen LogP contribution in [0.25, 0.3) is 6.08 Å². The monoisotopic (exact) mass is 354 g/mol. The lowest BCUT2D eigenvalue weighted by Crippen LogP contribution is -2.60. The van der Waals surface area contributed by atoms with Crippen molar-refractivity contribution >= 4 is 12.0 Å². The molecule has 1 aliphatic heterocycles. The van der Waals surface area contributed by atoms with Gasteiger partial charge in [-0.3, -0.25) is 0 Å². The average Bonchev–Trinajstić information content (AvgIpc) is 2.62. The summed E-state index contributed by atoms with van der Waals surface area (Å²) in [5.74, 6) is -0.0956. The van der Waals surface area contributed by atoms with Gasteiger partial charge in [0.2, 0.25) is 6.29 Å². The Morgan fingerprint density at radius 1 is 1.16 bits per heavy atom. The Morgan fingerprint density at radius 2 is 1.84 bits per heavy atom. The summed E-state index contributed by atoms with van der Waals surface area (Å²) in [5, 5.41) is 38.5. The number of aliphatic hydroxyl groups is 4. The summed E-state index contributed by atoms with van der Waals surface area (Å²) in [6, 6.07) is 6.53. The molecule has 0 aliphatic carbocycles. The van der Waals surface area contributed by atoms with Gasteiger partial charge < -0.3 is 34.6 Å². The van der Waals surface area contributed by atoms with E-state index in [4.69, 9.17) is 19.3 Å². The highest BCUT2D eigenvalue weighted by atomic mass is 16.7. The summed E-state index contributed by atoms with van der Waals surface area (Å²) in [4.78, 5) is 11.3. The van der Waals surface area contributed by atoms with E-state index in [9.17, 15) is 20.1 Å². The first-order chi connectivity index (χ1) is 12.0. The molecule has 0 saturated carbocycles. The molecule has 0 amide bonds. The highest BCUT2D eigenvalue weighted by molar-refractivity contribution is 5.87. The summed E-state index contributed by atoms with van der Waals surface area (Å²) in [6.07, 6.45) is -3.79. The number of rotatable bonds is 6. The average molecular weight is 354 g/mol. The Labute approximate surface area is 144 Å². The van der Waals surface area contributed by atoms with Crippen LogP contribution in [0.4, 0.5) is 0 Å². The lowest BCUT2D eigenvalue weighted by molar-refractivity contribution is -0.277. The third-order valence-electron chi connectivity index (χ3n) is 3.68. The maximum Gasteiger partial charge on any atom is 0.330 e. The molecule has 0 bridgehead atoms. The van der Waals surface area contributed by atoms with Crippen LogP contribution in [0.2, 0.25) is 0 Å². The van der Waals surface area contributed by atoms with Gasteiger partial charge >= 0.3 is 5.97 Å². The fraction of sp³-hybridized carbons (Fsp3) is 0.471. The molecule has 4 N–H and O–H groups in total. The van der Waals surface area contributed by atoms with Crippen molar-refractivity contribution in [1.82, 2.24) is 0 Å². The Bertz CT molecular complexity index is 583. The van der Waals surface area contributed by atoms with Crippen molar-refractivity contribution in [2.75, 3.05) is 13.2 Å². The van der Waals surface area contributed by atoms with Crippen LogP contribution >= 0.6 is 0 Å². The Balaban J connectivity index is 1.99. The van der Waals surface area contributed by atoms with Crippen LogP contribution in [0, 0.1) is 0 Å². The standard InChI is InChI=1S/C17H22O8/c1-2-23-13(19)8-5-10-3-6-11(7-4-10)24-17-16(22)15(21)14(20)12(9-18)25-17/h3-8,12,14-18,20-22H,2,9H2,1H3/t12-,14-,15+,16-,17?/m1/s1. The summed E-state index contributed by atoms with van der Waals surface area (Å²) >= 11 is 0. The summed E-state index contributed by atoms with van der Waals surface area (Å²) in [6.45, 7) is 1.49. The number of aliphatic hydroxyl groups excluding tert-OH is 4. The Hall–Kier alpha value is -1.97. The fourth-order valence-corrected chi connectivity index (χ4v) is 2.31. The lowest BCUT2D eigenvalue weighted by atomic mass is 9.99. The molecule has 138 valence electrons. The molecule has 0 radical (unpaired) electrons. The number of esters is 1. The van der Waals surface area contributed by atoms with Gasteiger partial charge in [-0.05, 0) is 30.7 Å². The number of carbonyl (C=O) groups is 1. The van der Waals surface area contributed by atoms with Crippen LogP contribution in [0.5, 0.6) is 5.75 Å². The van der Waals surface area contributed by atoms with Crippen LogP contribution in [0.15, 0.2) is 30.3 Å². The molecule has 2 rings (SSSR count). The van der Waals surface area contributed by atoms with Crippen molar-refractivity contribution in [3.05, 3.63) is 35.9 Å². The van der Waals surface area contributed by atoms with E-state index in [0.29, 0.717) is 12.4 Å². The quantitative estimate of drug-likeness (QED) is 0.396. The zero-order chi connectivity index (χ0) is 18.4. The van der Waals surface area contributed by atoms with E-state index in [1.807, 2.05) is 0 Å². The van der Waals surface area contributed by atoms with Crippen molar-refractivity contribution < 1.29 is 39.4 Å². The maximum atomic E-state index is 11.3. The van der Waals surface area contributed by atoms with Gasteiger partial charge in [-0.1, -0.05) is 12.1 Å². The van der Waals surface area contributed by atoms with Gasteiger partial charge in [-0.2, -0.15) is 0 Å². The number of benzene rings is 1. The van der Waals surface area contributed by atoms with E-state index in [-0.39, 0.29) is 0 Å². The molecule has 1 aliphatic rings. The normalized spacial score (nSPS) is 29.6. The van der Waals surface area contributed by atoms with Crippen molar-refractivity contribution in [1.29, 1.82) is 0 Å². The molecule has 25 heavy (non-hydrogen) atoms. The second-order valence-electron chi connectivity index (χ2n) is 5.47. The number of hydrogen-bond donors (Lipinski definition) is 4. The summed E-state index contributed by atoms with van der Waals surface area (Å²) in [7, 11) is 0. The van der Waals surface area contributed by atoms with Crippen LogP contribution in [-0.4, -0.2) is 70.3 Å². The predicted octanol–water partition coefficient (Wildman–Crippen LogP) is -0.558. The van der Waals surface area contributed by atoms with E-state index >= 15 is 0 Å². The molecule has 0 spiro atoms. The van der Waals surface area contributed by atoms with Crippen molar-refractivity contribution in [3.8, 4) is 5.75 Å². The minimum atomic E-state index is -1.50. The first-order valence-electron chi connectivity index (χ1n) is 7.88. The topological polar surface area (TPSA) is 126 Å². The highest BCUT2D eigenvalue weighted by Crippen LogP contribution is 2.24. The SMILES string of the molecule is CCOC(=O)C=Cc1ccc(OC2O[C@H](CO)[C@@H](O)[C@H](O)[C@H]2O)cc1. The number of carbonyl (C=O) groups excluding carboxylic acids is 1. The van der Waals surface area contributed by atoms with Gasteiger partial charge in [0.15, 0.2) is 0 Å². The van der Waals surface area contributed by atoms with Crippen LogP contribution in [-0.2, 0) is 14.3 Å². The zero-order valence-corrected chi connectivity index (χ0v) is 13.7. The Kier molecular flexibility index (Phi) is 6.91. The smallest absolute Gasteiger partial charge is 0.330 e. The van der Waals surface area contributed by atoms with Crippen LogP contribution < -0.4 is 4.74 Å². The second-order valence-corrected chi connectivity index (χ2v) is 5.47. The zero-order valence-electron chi connectivity index (χ0n) is 13.7. The molecule has 8 heteroatoms. The largest absolute Gasteiger partial charge is 0.463 e. The second kappa shape index (κ2) is 8.93. The van der Waals surface area contributed by atoms with Gasteiger partial charge in [0, 0.05) is 6.08 Å². The van der Waals surface area contributed by atoms with E-state index in [0.717, 1.165) is 5.56 Å². The summed E-state index contributed by atoms with van der Waals surface area (Å²) in [5.41, 5.74) is 0.731. The predicted molar refractivity (Wildman–Crippen MR) is 86.5 cm³/mol. The van der Waals surface area contributed by atoms with Crippen molar-refractivity contribution in [2.45, 2.75) is 37.6 Å². The van der Waals surface area contributed by atoms with Gasteiger partial charge in [0.05, 0.1) is 13.2 Å². The fourth-order valence-electron chi connectivity index (χ4n) is 2.31. The minimum absolute atomic E-state index is 0.301. The maximum absolute atomic E-state index is 11.3. The van der Waals surface area contributed by atoms with Gasteiger partial charge in [-0.15, -0.1) is 0 Å².